The fourth-order valence-corrected chi connectivity index (χ4v) is 1.89. The minimum absolute atomic E-state index is 0.0205. The number of rotatable bonds is 5. The van der Waals surface area contributed by atoms with Crippen molar-refractivity contribution < 1.29 is 4.74 Å². The summed E-state index contributed by atoms with van der Waals surface area (Å²) in [5.41, 5.74) is 7.12. The van der Waals surface area contributed by atoms with Crippen LogP contribution < -0.4 is 15.8 Å². The van der Waals surface area contributed by atoms with Gasteiger partial charge in [-0.25, -0.2) is 0 Å². The number of hydrogen-bond donors (Lipinski definition) is 2. The van der Waals surface area contributed by atoms with Crippen LogP contribution in [0.4, 0.5) is 0 Å². The molecule has 0 amide bonds. The van der Waals surface area contributed by atoms with Crippen LogP contribution >= 0.6 is 15.9 Å². The van der Waals surface area contributed by atoms with Crippen LogP contribution in [-0.4, -0.2) is 20.2 Å². The Kier molecular flexibility index (Phi) is 5.08. The lowest BCUT2D eigenvalue weighted by Crippen LogP contribution is -2.26. The van der Waals surface area contributed by atoms with Crippen molar-refractivity contribution in [1.29, 1.82) is 0 Å². The summed E-state index contributed by atoms with van der Waals surface area (Å²) in [5.74, 6) is 0.828. The maximum atomic E-state index is 6.02. The Morgan fingerprint density at radius 1 is 1.53 bits per heavy atom. The van der Waals surface area contributed by atoms with E-state index in [1.807, 2.05) is 18.2 Å². The lowest BCUT2D eigenvalue weighted by atomic mass is 10.1. The van der Waals surface area contributed by atoms with Gasteiger partial charge >= 0.3 is 0 Å². The van der Waals surface area contributed by atoms with E-state index in [1.165, 1.54) is 0 Å². The Hall–Kier alpha value is -0.580. The third kappa shape index (κ3) is 3.48. The summed E-state index contributed by atoms with van der Waals surface area (Å²) in [6.45, 7) is 3.79. The molecule has 1 aromatic carbocycles. The molecule has 0 aromatic heterocycles. The summed E-state index contributed by atoms with van der Waals surface area (Å²) >= 11 is 3.44. The summed E-state index contributed by atoms with van der Waals surface area (Å²) in [6, 6.07) is 5.93. The third-order valence-electron chi connectivity index (χ3n) is 2.22. The first-order valence-corrected chi connectivity index (χ1v) is 5.78. The van der Waals surface area contributed by atoms with E-state index in [0.717, 1.165) is 28.9 Å². The van der Waals surface area contributed by atoms with Crippen molar-refractivity contribution in [3.8, 4) is 5.75 Å². The molecular weight excluding hydrogens is 256 g/mol. The first-order chi connectivity index (χ1) is 7.19. The molecule has 1 atom stereocenters. The van der Waals surface area contributed by atoms with Gasteiger partial charge in [0.05, 0.1) is 11.6 Å². The van der Waals surface area contributed by atoms with E-state index in [4.69, 9.17) is 10.5 Å². The lowest BCUT2D eigenvalue weighted by molar-refractivity contribution is 0.412. The molecule has 0 radical (unpaired) electrons. The lowest BCUT2D eigenvalue weighted by Gasteiger charge is -2.13. The molecular formula is C11H17BrN2O. The van der Waals surface area contributed by atoms with Crippen molar-refractivity contribution in [3.05, 3.63) is 28.2 Å². The van der Waals surface area contributed by atoms with Crippen molar-refractivity contribution in [3.63, 3.8) is 0 Å². The van der Waals surface area contributed by atoms with Gasteiger partial charge in [0.1, 0.15) is 5.75 Å². The highest BCUT2D eigenvalue weighted by atomic mass is 79.9. The Morgan fingerprint density at radius 3 is 2.80 bits per heavy atom. The van der Waals surface area contributed by atoms with Crippen molar-refractivity contribution in [2.24, 2.45) is 5.73 Å². The quantitative estimate of drug-likeness (QED) is 0.863. The number of methoxy groups -OCH3 is 1. The summed E-state index contributed by atoms with van der Waals surface area (Å²) in [4.78, 5) is 0. The van der Waals surface area contributed by atoms with E-state index < -0.39 is 0 Å². The van der Waals surface area contributed by atoms with Crippen molar-refractivity contribution in [1.82, 2.24) is 5.32 Å². The SMILES string of the molecule is CCNCC(N)c1ccc(OC)c(Br)c1. The highest BCUT2D eigenvalue weighted by Crippen LogP contribution is 2.27. The second-order valence-corrected chi connectivity index (χ2v) is 4.16. The highest BCUT2D eigenvalue weighted by Gasteiger charge is 2.07. The number of nitrogens with one attached hydrogen (secondary N) is 1. The molecule has 0 aliphatic heterocycles. The highest BCUT2D eigenvalue weighted by molar-refractivity contribution is 9.10. The van der Waals surface area contributed by atoms with Gasteiger partial charge in [-0.05, 0) is 40.2 Å². The maximum absolute atomic E-state index is 6.02. The first-order valence-electron chi connectivity index (χ1n) is 4.98. The zero-order chi connectivity index (χ0) is 11.3. The molecule has 1 aromatic rings. The molecule has 0 fully saturated rings. The van der Waals surface area contributed by atoms with Gasteiger partial charge in [0.2, 0.25) is 0 Å². The molecule has 0 aliphatic rings. The van der Waals surface area contributed by atoms with Gasteiger partial charge in [-0.15, -0.1) is 0 Å². The predicted octanol–water partition coefficient (Wildman–Crippen LogP) is 2.07. The van der Waals surface area contributed by atoms with Crippen LogP contribution in [0.25, 0.3) is 0 Å². The standard InChI is InChI=1S/C11H17BrN2O/c1-3-14-7-10(13)8-4-5-11(15-2)9(12)6-8/h4-6,10,14H,3,7,13H2,1-2H3. The number of halogens is 1. The Balaban J connectivity index is 2.73. The van der Waals surface area contributed by atoms with Gasteiger partial charge < -0.3 is 15.8 Å². The molecule has 3 nitrogen and oxygen atoms in total. The Labute approximate surface area is 99.1 Å². The number of likely N-dealkylation sites (N-methyl/N-ethyl adjacent to an activating group) is 1. The number of benzene rings is 1. The summed E-state index contributed by atoms with van der Waals surface area (Å²) < 4.78 is 6.10. The van der Waals surface area contributed by atoms with E-state index in [0.29, 0.717) is 0 Å². The van der Waals surface area contributed by atoms with Crippen LogP contribution in [0.15, 0.2) is 22.7 Å². The second-order valence-electron chi connectivity index (χ2n) is 3.31. The smallest absolute Gasteiger partial charge is 0.133 e. The zero-order valence-electron chi connectivity index (χ0n) is 9.09. The molecule has 0 spiro atoms. The van der Waals surface area contributed by atoms with E-state index in [9.17, 15) is 0 Å². The van der Waals surface area contributed by atoms with E-state index in [-0.39, 0.29) is 6.04 Å². The molecule has 0 saturated carbocycles. The van der Waals surface area contributed by atoms with E-state index in [2.05, 4.69) is 28.2 Å². The summed E-state index contributed by atoms with van der Waals surface area (Å²) in [5, 5.41) is 3.22. The predicted molar refractivity (Wildman–Crippen MR) is 66.2 cm³/mol. The van der Waals surface area contributed by atoms with Crippen LogP contribution in [-0.2, 0) is 0 Å². The van der Waals surface area contributed by atoms with Crippen LogP contribution in [0, 0.1) is 0 Å². The molecule has 3 N–H and O–H groups in total. The molecule has 4 heteroatoms. The number of nitrogens with two attached hydrogens (primary N) is 1. The van der Waals surface area contributed by atoms with Crippen molar-refractivity contribution >= 4 is 15.9 Å². The monoisotopic (exact) mass is 272 g/mol. The van der Waals surface area contributed by atoms with Gasteiger partial charge in [0.15, 0.2) is 0 Å². The number of hydrogen-bond acceptors (Lipinski definition) is 3. The second kappa shape index (κ2) is 6.10. The van der Waals surface area contributed by atoms with Gasteiger partial charge in [-0.2, -0.15) is 0 Å². The molecule has 0 bridgehead atoms. The summed E-state index contributed by atoms with van der Waals surface area (Å²) in [7, 11) is 1.65. The number of ether oxygens (including phenoxy) is 1. The van der Waals surface area contributed by atoms with Gasteiger partial charge in [0, 0.05) is 12.6 Å². The fourth-order valence-electron chi connectivity index (χ4n) is 1.33. The van der Waals surface area contributed by atoms with Gasteiger partial charge in [0.25, 0.3) is 0 Å². The molecule has 1 unspecified atom stereocenters. The van der Waals surface area contributed by atoms with Gasteiger partial charge in [-0.3, -0.25) is 0 Å². The minimum Gasteiger partial charge on any atom is -0.496 e. The molecule has 0 aliphatic carbocycles. The van der Waals surface area contributed by atoms with Crippen LogP contribution in [0.3, 0.4) is 0 Å². The van der Waals surface area contributed by atoms with E-state index >= 15 is 0 Å². The Morgan fingerprint density at radius 2 is 2.27 bits per heavy atom. The largest absolute Gasteiger partial charge is 0.496 e. The Bertz CT molecular complexity index is 317. The average molecular weight is 273 g/mol. The molecule has 84 valence electrons. The molecule has 0 heterocycles. The minimum atomic E-state index is 0.0205. The summed E-state index contributed by atoms with van der Waals surface area (Å²) in [6.07, 6.45) is 0. The first kappa shape index (κ1) is 12.5. The van der Waals surface area contributed by atoms with E-state index in [1.54, 1.807) is 7.11 Å². The third-order valence-corrected chi connectivity index (χ3v) is 2.84. The van der Waals surface area contributed by atoms with Gasteiger partial charge in [-0.1, -0.05) is 13.0 Å². The van der Waals surface area contributed by atoms with Crippen LogP contribution in [0.1, 0.15) is 18.5 Å². The topological polar surface area (TPSA) is 47.3 Å². The normalized spacial score (nSPS) is 12.5. The molecule has 1 rings (SSSR count). The van der Waals surface area contributed by atoms with Crippen LogP contribution in [0.2, 0.25) is 0 Å². The zero-order valence-corrected chi connectivity index (χ0v) is 10.7. The molecule has 15 heavy (non-hydrogen) atoms. The van der Waals surface area contributed by atoms with Crippen LogP contribution in [0.5, 0.6) is 5.75 Å². The fraction of sp³-hybridized carbons (Fsp3) is 0.455. The van der Waals surface area contributed by atoms with Crippen molar-refractivity contribution in [2.45, 2.75) is 13.0 Å². The average Bonchev–Trinajstić information content (AvgIpc) is 2.25. The van der Waals surface area contributed by atoms with Crippen molar-refractivity contribution in [2.75, 3.05) is 20.2 Å². The maximum Gasteiger partial charge on any atom is 0.133 e. The molecule has 0 saturated heterocycles.